The monoisotopic (exact) mass is 327 g/mol. The van der Waals surface area contributed by atoms with Gasteiger partial charge in [-0.25, -0.2) is 0 Å². The molecule has 0 bridgehead atoms. The second-order valence-corrected chi connectivity index (χ2v) is 6.09. The fourth-order valence-corrected chi connectivity index (χ4v) is 3.12. The van der Waals surface area contributed by atoms with Crippen LogP contribution >= 0.6 is 0 Å². The van der Waals surface area contributed by atoms with Gasteiger partial charge in [-0.1, -0.05) is 17.7 Å². The Morgan fingerprint density at radius 2 is 2.08 bits per heavy atom. The van der Waals surface area contributed by atoms with Crippen LogP contribution in [0, 0.1) is 6.92 Å². The predicted molar refractivity (Wildman–Crippen MR) is 89.7 cm³/mol. The van der Waals surface area contributed by atoms with Gasteiger partial charge in [0.1, 0.15) is 6.54 Å². The van der Waals surface area contributed by atoms with E-state index in [1.165, 1.54) is 7.11 Å². The third kappa shape index (κ3) is 3.32. The van der Waals surface area contributed by atoms with Gasteiger partial charge in [-0.05, 0) is 38.3 Å². The number of ether oxygens (including phenoxy) is 1. The molecule has 6 nitrogen and oxygen atoms in total. The Balaban J connectivity index is 1.72. The minimum atomic E-state index is -0.271. The molecule has 6 heteroatoms. The first-order chi connectivity index (χ1) is 11.6. The summed E-state index contributed by atoms with van der Waals surface area (Å²) in [6.07, 6.45) is 4.16. The highest BCUT2D eigenvalue weighted by atomic mass is 16.5. The number of hydrogen-bond donors (Lipinski definition) is 1. The molecule has 1 N–H and O–H groups in total. The first-order valence-corrected chi connectivity index (χ1v) is 8.07. The van der Waals surface area contributed by atoms with E-state index in [-0.39, 0.29) is 24.3 Å². The highest BCUT2D eigenvalue weighted by Gasteiger charge is 2.30. The molecule has 1 aromatic carbocycles. The number of hydrogen-bond acceptors (Lipinski definition) is 4. The lowest BCUT2D eigenvalue weighted by Crippen LogP contribution is -2.24. The molecule has 1 aliphatic rings. The van der Waals surface area contributed by atoms with Crippen LogP contribution in [0.1, 0.15) is 35.6 Å². The second-order valence-electron chi connectivity index (χ2n) is 6.09. The number of nitrogens with one attached hydrogen (secondary N) is 1. The number of carbonyl (C=O) groups is 2. The zero-order chi connectivity index (χ0) is 17.1. The fraction of sp³-hybridized carbons (Fsp3) is 0.389. The van der Waals surface area contributed by atoms with Crippen LogP contribution in [0.5, 0.6) is 0 Å². The van der Waals surface area contributed by atoms with Gasteiger partial charge >= 0.3 is 5.97 Å². The van der Waals surface area contributed by atoms with E-state index in [2.05, 4.69) is 10.4 Å². The molecule has 0 spiro atoms. The third-order valence-electron chi connectivity index (χ3n) is 4.38. The molecule has 3 rings (SSSR count). The number of benzene rings is 1. The molecule has 0 aliphatic heterocycles. The van der Waals surface area contributed by atoms with Crippen LogP contribution in [0.25, 0.3) is 0 Å². The quantitative estimate of drug-likeness (QED) is 0.875. The molecule has 0 fully saturated rings. The van der Waals surface area contributed by atoms with Gasteiger partial charge in [0.15, 0.2) is 0 Å². The molecule has 1 aliphatic carbocycles. The average Bonchev–Trinajstić information content (AvgIpc) is 2.99. The number of amides is 1. The molecular formula is C18H21N3O3. The first-order valence-electron chi connectivity index (χ1n) is 8.07. The summed E-state index contributed by atoms with van der Waals surface area (Å²) in [4.78, 5) is 24.1. The van der Waals surface area contributed by atoms with Gasteiger partial charge in [-0.3, -0.25) is 14.3 Å². The van der Waals surface area contributed by atoms with E-state index in [9.17, 15) is 9.59 Å². The summed E-state index contributed by atoms with van der Waals surface area (Å²) in [6.45, 7) is 2.14. The largest absolute Gasteiger partial charge is 0.469 e. The zero-order valence-corrected chi connectivity index (χ0v) is 13.9. The molecule has 0 radical (unpaired) electrons. The molecule has 126 valence electrons. The summed E-state index contributed by atoms with van der Waals surface area (Å²) in [5.74, 6) is -0.641. The number of fused-ring (bicyclic) bond motifs is 1. The number of aryl methyl sites for hydroxylation is 1. The normalized spacial score (nSPS) is 16.3. The van der Waals surface area contributed by atoms with Gasteiger partial charge in [-0.15, -0.1) is 0 Å². The van der Waals surface area contributed by atoms with Gasteiger partial charge in [0.25, 0.3) is 0 Å². The first kappa shape index (κ1) is 16.2. The summed E-state index contributed by atoms with van der Waals surface area (Å²) in [5, 5.41) is 7.18. The van der Waals surface area contributed by atoms with Crippen molar-refractivity contribution in [3.8, 4) is 0 Å². The zero-order valence-electron chi connectivity index (χ0n) is 13.9. The molecule has 1 amide bonds. The van der Waals surface area contributed by atoms with Gasteiger partial charge in [-0.2, -0.15) is 5.10 Å². The van der Waals surface area contributed by atoms with Crippen molar-refractivity contribution in [2.24, 2.45) is 0 Å². The standard InChI is InChI=1S/C18H21N3O3/c1-12-6-8-13(9-7-12)20-17(22)11-21-16-5-3-4-14(18(23)24-2)15(16)10-19-21/h6-10,14H,3-5,11H2,1-2H3,(H,20,22)/t14-/m0/s1. The molecule has 1 atom stereocenters. The number of nitrogens with zero attached hydrogens (tertiary/aromatic N) is 2. The van der Waals surface area contributed by atoms with Crippen molar-refractivity contribution in [3.63, 3.8) is 0 Å². The summed E-state index contributed by atoms with van der Waals surface area (Å²) in [5.41, 5.74) is 3.74. The van der Waals surface area contributed by atoms with E-state index >= 15 is 0 Å². The summed E-state index contributed by atoms with van der Waals surface area (Å²) < 4.78 is 6.56. The van der Waals surface area contributed by atoms with E-state index in [0.29, 0.717) is 0 Å². The van der Waals surface area contributed by atoms with Crippen LogP contribution < -0.4 is 5.32 Å². The van der Waals surface area contributed by atoms with E-state index in [4.69, 9.17) is 4.74 Å². The lowest BCUT2D eigenvalue weighted by Gasteiger charge is -2.21. The summed E-state index contributed by atoms with van der Waals surface area (Å²) in [6, 6.07) is 7.65. The summed E-state index contributed by atoms with van der Waals surface area (Å²) >= 11 is 0. The Bertz CT molecular complexity index is 749. The van der Waals surface area contributed by atoms with Crippen molar-refractivity contribution in [2.75, 3.05) is 12.4 Å². The molecule has 2 aromatic rings. The topological polar surface area (TPSA) is 73.2 Å². The Morgan fingerprint density at radius 3 is 2.79 bits per heavy atom. The molecule has 24 heavy (non-hydrogen) atoms. The van der Waals surface area contributed by atoms with Crippen molar-refractivity contribution in [2.45, 2.75) is 38.6 Å². The van der Waals surface area contributed by atoms with Gasteiger partial charge < -0.3 is 10.1 Å². The maximum atomic E-state index is 12.3. The molecule has 1 aromatic heterocycles. The Morgan fingerprint density at radius 1 is 1.33 bits per heavy atom. The highest BCUT2D eigenvalue weighted by molar-refractivity contribution is 5.90. The van der Waals surface area contributed by atoms with Crippen LogP contribution in [-0.4, -0.2) is 28.8 Å². The number of rotatable bonds is 4. The van der Waals surface area contributed by atoms with Gasteiger partial charge in [0, 0.05) is 16.9 Å². The number of aromatic nitrogens is 2. The molecule has 1 heterocycles. The average molecular weight is 327 g/mol. The molecular weight excluding hydrogens is 306 g/mol. The lowest BCUT2D eigenvalue weighted by molar-refractivity contribution is -0.142. The van der Waals surface area contributed by atoms with E-state index < -0.39 is 0 Å². The third-order valence-corrected chi connectivity index (χ3v) is 4.38. The molecule has 0 saturated heterocycles. The van der Waals surface area contributed by atoms with Gasteiger partial charge in [0.05, 0.1) is 19.2 Å². The molecule has 0 unspecified atom stereocenters. The van der Waals surface area contributed by atoms with Crippen LogP contribution in [0.4, 0.5) is 5.69 Å². The van der Waals surface area contributed by atoms with E-state index in [1.54, 1.807) is 10.9 Å². The van der Waals surface area contributed by atoms with Crippen LogP contribution in [0.3, 0.4) is 0 Å². The van der Waals surface area contributed by atoms with Crippen molar-refractivity contribution >= 4 is 17.6 Å². The predicted octanol–water partition coefficient (Wildman–Crippen LogP) is 2.42. The van der Waals surface area contributed by atoms with Crippen LogP contribution in [0.2, 0.25) is 0 Å². The van der Waals surface area contributed by atoms with Crippen molar-refractivity contribution < 1.29 is 14.3 Å². The maximum Gasteiger partial charge on any atom is 0.313 e. The minimum absolute atomic E-state index is 0.134. The fourth-order valence-electron chi connectivity index (χ4n) is 3.12. The van der Waals surface area contributed by atoms with Gasteiger partial charge in [0.2, 0.25) is 5.91 Å². The highest BCUT2D eigenvalue weighted by Crippen LogP contribution is 2.32. The lowest BCUT2D eigenvalue weighted by atomic mass is 9.87. The van der Waals surface area contributed by atoms with Crippen molar-refractivity contribution in [1.29, 1.82) is 0 Å². The number of carbonyl (C=O) groups excluding carboxylic acids is 2. The van der Waals surface area contributed by atoms with E-state index in [1.807, 2.05) is 31.2 Å². The van der Waals surface area contributed by atoms with Crippen molar-refractivity contribution in [3.05, 3.63) is 47.3 Å². The smallest absolute Gasteiger partial charge is 0.313 e. The Labute approximate surface area is 140 Å². The van der Waals surface area contributed by atoms with Crippen LogP contribution in [0.15, 0.2) is 30.5 Å². The number of esters is 1. The summed E-state index contributed by atoms with van der Waals surface area (Å²) in [7, 11) is 1.40. The van der Waals surface area contributed by atoms with Crippen molar-refractivity contribution in [1.82, 2.24) is 9.78 Å². The maximum absolute atomic E-state index is 12.3. The second kappa shape index (κ2) is 6.86. The Hall–Kier alpha value is -2.63. The Kier molecular flexibility index (Phi) is 4.64. The molecule has 0 saturated carbocycles. The number of anilines is 1. The SMILES string of the molecule is COC(=O)[C@H]1CCCc2c1cnn2CC(=O)Nc1ccc(C)cc1. The van der Waals surface area contributed by atoms with Crippen LogP contribution in [-0.2, 0) is 27.3 Å². The van der Waals surface area contributed by atoms with E-state index in [0.717, 1.165) is 41.8 Å². The number of methoxy groups -OCH3 is 1. The minimum Gasteiger partial charge on any atom is -0.469 e.